The maximum absolute atomic E-state index is 12.0. The zero-order valence-corrected chi connectivity index (χ0v) is 19.0. The summed E-state index contributed by atoms with van der Waals surface area (Å²) in [4.78, 5) is 14.2. The van der Waals surface area contributed by atoms with Gasteiger partial charge in [0.2, 0.25) is 5.82 Å². The lowest BCUT2D eigenvalue weighted by Gasteiger charge is -2.21. The number of rotatable bonds is 7. The van der Waals surface area contributed by atoms with E-state index in [0.717, 1.165) is 42.1 Å². The Morgan fingerprint density at radius 2 is 1.84 bits per heavy atom. The highest BCUT2D eigenvalue weighted by Crippen LogP contribution is 2.21. The Kier molecular flexibility index (Phi) is 5.65. The summed E-state index contributed by atoms with van der Waals surface area (Å²) in [5.74, 6) is -0.688. The van der Waals surface area contributed by atoms with Gasteiger partial charge in [-0.15, -0.1) is 10.2 Å². The zero-order chi connectivity index (χ0) is 23.0. The molecule has 0 aliphatic rings. The molecule has 4 aromatic rings. The quantitative estimate of drug-likeness (QED) is 0.478. The van der Waals surface area contributed by atoms with E-state index >= 15 is 0 Å². The van der Waals surface area contributed by atoms with Crippen LogP contribution in [0.1, 0.15) is 48.1 Å². The molecular formula is C23H27N7O2. The fourth-order valence-electron chi connectivity index (χ4n) is 3.96. The predicted molar refractivity (Wildman–Crippen MR) is 123 cm³/mol. The minimum absolute atomic E-state index is 0.0602. The average molecular weight is 434 g/mol. The smallest absolute Gasteiger partial charge is 0.357 e. The molecule has 0 atom stereocenters. The number of anilines is 1. The van der Waals surface area contributed by atoms with E-state index in [1.54, 1.807) is 0 Å². The van der Waals surface area contributed by atoms with Crippen LogP contribution in [0.25, 0.3) is 23.2 Å². The van der Waals surface area contributed by atoms with Crippen molar-refractivity contribution in [3.63, 3.8) is 0 Å². The van der Waals surface area contributed by atoms with Gasteiger partial charge in [0.1, 0.15) is 5.69 Å². The molecule has 0 radical (unpaired) electrons. The number of hydrogen-bond acceptors (Lipinski definition) is 6. The maximum atomic E-state index is 12.0. The number of fused-ring (bicyclic) bond motifs is 1. The van der Waals surface area contributed by atoms with E-state index < -0.39 is 5.97 Å². The summed E-state index contributed by atoms with van der Waals surface area (Å²) in [6.07, 6.45) is 1.82. The van der Waals surface area contributed by atoms with Gasteiger partial charge in [-0.3, -0.25) is 4.68 Å². The fourth-order valence-corrected chi connectivity index (χ4v) is 3.96. The van der Waals surface area contributed by atoms with Crippen LogP contribution >= 0.6 is 0 Å². The van der Waals surface area contributed by atoms with Crippen LogP contribution in [0.2, 0.25) is 0 Å². The largest absolute Gasteiger partial charge is 0.476 e. The van der Waals surface area contributed by atoms with Gasteiger partial charge in [0.15, 0.2) is 11.3 Å². The normalized spacial score (nSPS) is 12.1. The molecule has 0 bridgehead atoms. The van der Waals surface area contributed by atoms with Gasteiger partial charge in [-0.25, -0.2) is 4.79 Å². The second-order valence-corrected chi connectivity index (χ2v) is 7.67. The minimum Gasteiger partial charge on any atom is -0.476 e. The van der Waals surface area contributed by atoms with Gasteiger partial charge in [-0.1, -0.05) is 6.07 Å². The molecule has 1 aromatic carbocycles. The Morgan fingerprint density at radius 1 is 1.09 bits per heavy atom. The van der Waals surface area contributed by atoms with E-state index in [2.05, 4.69) is 51.3 Å². The summed E-state index contributed by atoms with van der Waals surface area (Å²) in [6, 6.07) is 8.06. The van der Waals surface area contributed by atoms with Crippen molar-refractivity contribution in [1.82, 2.24) is 29.6 Å². The molecule has 166 valence electrons. The van der Waals surface area contributed by atoms with Crippen LogP contribution in [0, 0.1) is 13.8 Å². The van der Waals surface area contributed by atoms with Gasteiger partial charge in [-0.2, -0.15) is 14.7 Å². The second kappa shape index (κ2) is 8.41. The van der Waals surface area contributed by atoms with Crippen molar-refractivity contribution in [3.8, 4) is 11.5 Å². The van der Waals surface area contributed by atoms with Gasteiger partial charge < -0.3 is 10.0 Å². The Morgan fingerprint density at radius 3 is 2.44 bits per heavy atom. The van der Waals surface area contributed by atoms with E-state index in [1.807, 2.05) is 43.7 Å². The van der Waals surface area contributed by atoms with Gasteiger partial charge in [-0.05, 0) is 70.0 Å². The third-order valence-electron chi connectivity index (χ3n) is 5.73. The molecule has 0 aliphatic heterocycles. The second-order valence-electron chi connectivity index (χ2n) is 7.67. The summed E-state index contributed by atoms with van der Waals surface area (Å²) >= 11 is 0. The van der Waals surface area contributed by atoms with Crippen molar-refractivity contribution in [2.75, 3.05) is 18.0 Å². The fraction of sp³-hybridized carbons (Fsp3) is 0.348. The number of carboxylic acid groups (broad SMARTS) is 1. The monoisotopic (exact) mass is 433 g/mol. The molecule has 0 saturated carbocycles. The van der Waals surface area contributed by atoms with Crippen molar-refractivity contribution in [1.29, 1.82) is 0 Å². The van der Waals surface area contributed by atoms with Crippen LogP contribution in [0.3, 0.4) is 0 Å². The third kappa shape index (κ3) is 3.59. The summed E-state index contributed by atoms with van der Waals surface area (Å²) in [7, 11) is 0. The van der Waals surface area contributed by atoms with Crippen molar-refractivity contribution in [2.24, 2.45) is 0 Å². The predicted octanol–water partition coefficient (Wildman–Crippen LogP) is 2.72. The summed E-state index contributed by atoms with van der Waals surface area (Å²) in [5.41, 5.74) is 5.03. The Bertz CT molecular complexity index is 1350. The van der Waals surface area contributed by atoms with E-state index in [-0.39, 0.29) is 5.69 Å². The highest BCUT2D eigenvalue weighted by atomic mass is 16.4. The average Bonchev–Trinajstić information content (AvgIpc) is 3.44. The van der Waals surface area contributed by atoms with E-state index in [1.165, 1.54) is 4.52 Å². The van der Waals surface area contributed by atoms with Gasteiger partial charge in [0.05, 0.1) is 5.22 Å². The number of aromatic carboxylic acids is 1. The first-order chi connectivity index (χ1) is 15.4. The van der Waals surface area contributed by atoms with Crippen molar-refractivity contribution in [2.45, 2.75) is 41.2 Å². The highest BCUT2D eigenvalue weighted by Gasteiger charge is 2.21. The number of aromatic nitrogens is 6. The standard InChI is InChI=1S/C23H27N7O2/c1-6-28(7-2)17-10-9-16(14(4)11-17)13-18-20(23(31)32)27-30-21(18)24-25-22(30)19-12-15(5)29(8-3)26-19/h9-13H,6-8H2,1-5H3,(H,31,32)/b18-13-. The molecule has 4 rings (SSSR count). The van der Waals surface area contributed by atoms with Gasteiger partial charge in [0, 0.05) is 31.0 Å². The number of benzene rings is 1. The van der Waals surface area contributed by atoms with Crippen LogP contribution in [-0.2, 0) is 6.54 Å². The Balaban J connectivity index is 1.87. The molecule has 0 spiro atoms. The molecule has 0 amide bonds. The molecular weight excluding hydrogens is 406 g/mol. The van der Waals surface area contributed by atoms with Gasteiger partial charge >= 0.3 is 5.97 Å². The summed E-state index contributed by atoms with van der Waals surface area (Å²) < 4.78 is 3.32. The molecule has 0 unspecified atom stereocenters. The van der Waals surface area contributed by atoms with Crippen LogP contribution in [-0.4, -0.2) is 53.8 Å². The molecule has 32 heavy (non-hydrogen) atoms. The first-order valence-corrected chi connectivity index (χ1v) is 10.8. The topological polar surface area (TPSA) is 101 Å². The number of carboxylic acids is 1. The van der Waals surface area contributed by atoms with Crippen molar-refractivity contribution < 1.29 is 9.90 Å². The molecule has 9 nitrogen and oxygen atoms in total. The van der Waals surface area contributed by atoms with Crippen LogP contribution in [0.4, 0.5) is 5.69 Å². The number of nitrogens with zero attached hydrogens (tertiary/aromatic N) is 7. The molecule has 3 heterocycles. The molecule has 1 N–H and O–H groups in total. The van der Waals surface area contributed by atoms with Crippen LogP contribution < -0.4 is 10.1 Å². The molecule has 0 fully saturated rings. The number of carbonyl (C=O) groups is 1. The first-order valence-electron chi connectivity index (χ1n) is 10.8. The number of aryl methyl sites for hydroxylation is 3. The summed E-state index contributed by atoms with van der Waals surface area (Å²) in [5, 5.41) is 27.6. The lowest BCUT2D eigenvalue weighted by atomic mass is 10.1. The SMILES string of the molecule is CCN(CC)c1ccc(/C=c2/c(C(=O)O)nn3c(-c4cc(C)n(CC)n4)nnc23)c(C)c1. The van der Waals surface area contributed by atoms with Crippen LogP contribution in [0.5, 0.6) is 0 Å². The third-order valence-corrected chi connectivity index (χ3v) is 5.73. The maximum Gasteiger partial charge on any atom is 0.357 e. The number of hydrogen-bond donors (Lipinski definition) is 1. The van der Waals surface area contributed by atoms with E-state index in [4.69, 9.17) is 0 Å². The lowest BCUT2D eigenvalue weighted by Crippen LogP contribution is -2.21. The minimum atomic E-state index is -1.11. The molecule has 9 heteroatoms. The lowest BCUT2D eigenvalue weighted by molar-refractivity contribution is 0.0689. The highest BCUT2D eigenvalue weighted by molar-refractivity contribution is 5.88. The van der Waals surface area contributed by atoms with E-state index in [9.17, 15) is 9.90 Å². The zero-order valence-electron chi connectivity index (χ0n) is 19.0. The summed E-state index contributed by atoms with van der Waals surface area (Å²) in [6.45, 7) is 12.8. The van der Waals surface area contributed by atoms with Crippen LogP contribution in [0.15, 0.2) is 24.3 Å². The molecule has 3 aromatic heterocycles. The van der Waals surface area contributed by atoms with Crippen molar-refractivity contribution >= 4 is 23.4 Å². The Hall–Kier alpha value is -3.75. The molecule has 0 saturated heterocycles. The van der Waals surface area contributed by atoms with Gasteiger partial charge in [0.25, 0.3) is 0 Å². The Labute approximate surface area is 186 Å². The first kappa shape index (κ1) is 21.5. The molecule has 0 aliphatic carbocycles. The van der Waals surface area contributed by atoms with Crippen molar-refractivity contribution in [3.05, 3.63) is 52.0 Å². The van der Waals surface area contributed by atoms with E-state index in [0.29, 0.717) is 22.4 Å².